The Labute approximate surface area is 173 Å². The molecular formula is C23H22FN5O. The van der Waals surface area contributed by atoms with E-state index in [9.17, 15) is 4.79 Å². The number of fused-ring (bicyclic) bond motifs is 1. The van der Waals surface area contributed by atoms with Crippen molar-refractivity contribution in [1.82, 2.24) is 20.3 Å². The number of halogens is 1. The third kappa shape index (κ3) is 4.00. The number of carbonyl (C=O) groups excluding carboxylic acids is 1. The maximum Gasteiger partial charge on any atom is 0.253 e. The number of aryl methyl sites for hydroxylation is 2. The first kappa shape index (κ1) is 19.6. The maximum atomic E-state index is 15.3. The fourth-order valence-corrected chi connectivity index (χ4v) is 3.38. The second kappa shape index (κ2) is 8.32. The van der Waals surface area contributed by atoms with Crippen LogP contribution < -0.4 is 10.6 Å². The number of hydrogen-bond acceptors (Lipinski definition) is 4. The van der Waals surface area contributed by atoms with Gasteiger partial charge in [-0.25, -0.2) is 9.37 Å². The topological polar surface area (TPSA) is 82.7 Å². The number of benzene rings is 2. The van der Waals surface area contributed by atoms with E-state index in [0.717, 1.165) is 22.5 Å². The number of aromatic amines is 1. The number of pyridine rings is 1. The summed E-state index contributed by atoms with van der Waals surface area (Å²) in [6.07, 6.45) is 3.71. The predicted octanol–water partition coefficient (Wildman–Crippen LogP) is 4.43. The summed E-state index contributed by atoms with van der Waals surface area (Å²) < 4.78 is 15.3. The van der Waals surface area contributed by atoms with Crippen LogP contribution in [0.2, 0.25) is 0 Å². The average Bonchev–Trinajstić information content (AvgIpc) is 3.21. The van der Waals surface area contributed by atoms with Gasteiger partial charge in [-0.2, -0.15) is 0 Å². The molecule has 0 bridgehead atoms. The third-order valence-corrected chi connectivity index (χ3v) is 4.93. The highest BCUT2D eigenvalue weighted by molar-refractivity contribution is 6.04. The number of imidazole rings is 1. The minimum absolute atomic E-state index is 0.108. The molecule has 0 saturated carbocycles. The van der Waals surface area contributed by atoms with Crippen molar-refractivity contribution in [2.45, 2.75) is 20.3 Å². The number of carbonyl (C=O) groups is 1. The van der Waals surface area contributed by atoms with Crippen molar-refractivity contribution in [3.63, 3.8) is 0 Å². The van der Waals surface area contributed by atoms with Crippen molar-refractivity contribution in [2.24, 2.45) is 0 Å². The van der Waals surface area contributed by atoms with Crippen LogP contribution in [0.5, 0.6) is 0 Å². The van der Waals surface area contributed by atoms with E-state index < -0.39 is 5.82 Å². The Morgan fingerprint density at radius 1 is 1.13 bits per heavy atom. The molecule has 4 aromatic rings. The van der Waals surface area contributed by atoms with Crippen molar-refractivity contribution in [3.05, 3.63) is 83.2 Å². The summed E-state index contributed by atoms with van der Waals surface area (Å²) in [5.41, 5.74) is 4.65. The first-order valence-corrected chi connectivity index (χ1v) is 9.71. The van der Waals surface area contributed by atoms with Gasteiger partial charge in [0.2, 0.25) is 0 Å². The second-order valence-corrected chi connectivity index (χ2v) is 7.18. The summed E-state index contributed by atoms with van der Waals surface area (Å²) in [4.78, 5) is 24.1. The molecule has 152 valence electrons. The van der Waals surface area contributed by atoms with Crippen molar-refractivity contribution in [2.75, 3.05) is 11.9 Å². The number of aromatic nitrogens is 3. The van der Waals surface area contributed by atoms with Crippen LogP contribution in [0.3, 0.4) is 0 Å². The summed E-state index contributed by atoms with van der Waals surface area (Å²) in [7, 11) is 0. The van der Waals surface area contributed by atoms with Gasteiger partial charge in [0.15, 0.2) is 5.82 Å². The number of nitrogens with one attached hydrogen (secondary N) is 3. The predicted molar refractivity (Wildman–Crippen MR) is 116 cm³/mol. The molecule has 0 spiro atoms. The van der Waals surface area contributed by atoms with Crippen LogP contribution in [0.1, 0.15) is 27.2 Å². The van der Waals surface area contributed by atoms with Crippen molar-refractivity contribution in [3.8, 4) is 0 Å². The lowest BCUT2D eigenvalue weighted by Gasteiger charge is -2.16. The largest absolute Gasteiger partial charge is 0.352 e. The molecule has 0 radical (unpaired) electrons. The molecule has 6 nitrogen and oxygen atoms in total. The molecule has 2 heterocycles. The molecule has 3 N–H and O–H groups in total. The average molecular weight is 403 g/mol. The third-order valence-electron chi connectivity index (χ3n) is 4.93. The lowest BCUT2D eigenvalue weighted by atomic mass is 10.1. The van der Waals surface area contributed by atoms with E-state index in [4.69, 9.17) is 0 Å². The highest BCUT2D eigenvalue weighted by Gasteiger charge is 2.21. The fraction of sp³-hybridized carbons (Fsp3) is 0.174. The summed E-state index contributed by atoms with van der Waals surface area (Å²) in [6.45, 7) is 4.32. The van der Waals surface area contributed by atoms with E-state index in [-0.39, 0.29) is 22.7 Å². The summed E-state index contributed by atoms with van der Waals surface area (Å²) in [5, 5.41) is 5.97. The van der Waals surface area contributed by atoms with E-state index in [2.05, 4.69) is 25.6 Å². The van der Waals surface area contributed by atoms with E-state index >= 15 is 4.39 Å². The van der Waals surface area contributed by atoms with Crippen LogP contribution in [0, 0.1) is 19.7 Å². The lowest BCUT2D eigenvalue weighted by molar-refractivity contribution is 0.0954. The molecule has 2 aromatic heterocycles. The van der Waals surface area contributed by atoms with E-state index in [1.807, 2.05) is 50.2 Å². The Morgan fingerprint density at radius 3 is 2.77 bits per heavy atom. The number of anilines is 2. The van der Waals surface area contributed by atoms with Gasteiger partial charge < -0.3 is 15.6 Å². The van der Waals surface area contributed by atoms with Gasteiger partial charge in [0, 0.05) is 30.5 Å². The molecule has 1 amide bonds. The van der Waals surface area contributed by atoms with Crippen molar-refractivity contribution in [1.29, 1.82) is 0 Å². The molecule has 4 rings (SSSR count). The second-order valence-electron chi connectivity index (χ2n) is 7.18. The van der Waals surface area contributed by atoms with Crippen LogP contribution >= 0.6 is 0 Å². The van der Waals surface area contributed by atoms with Crippen LogP contribution in [0.15, 0.2) is 55.0 Å². The molecule has 0 unspecified atom stereocenters. The first-order valence-electron chi connectivity index (χ1n) is 9.71. The Kier molecular flexibility index (Phi) is 5.43. The van der Waals surface area contributed by atoms with E-state index in [0.29, 0.717) is 18.5 Å². The highest BCUT2D eigenvalue weighted by Crippen LogP contribution is 2.31. The molecular weight excluding hydrogens is 381 g/mol. The molecule has 7 heteroatoms. The maximum absolute atomic E-state index is 15.3. The molecule has 0 aliphatic carbocycles. The van der Waals surface area contributed by atoms with Gasteiger partial charge in [0.25, 0.3) is 5.91 Å². The number of nitrogens with zero attached hydrogens (tertiary/aromatic N) is 2. The fourth-order valence-electron chi connectivity index (χ4n) is 3.38. The molecule has 30 heavy (non-hydrogen) atoms. The van der Waals surface area contributed by atoms with Gasteiger partial charge in [-0.15, -0.1) is 0 Å². The normalized spacial score (nSPS) is 10.9. The zero-order valence-electron chi connectivity index (χ0n) is 16.8. The van der Waals surface area contributed by atoms with Gasteiger partial charge >= 0.3 is 0 Å². The van der Waals surface area contributed by atoms with Crippen molar-refractivity contribution < 1.29 is 9.18 Å². The Bertz CT molecular complexity index is 1200. The SMILES string of the molecule is Cc1ccc(Nc2c(C(=O)NCCc3ccccn3)cc3[nH]cnc3c2F)c(C)c1. The number of rotatable bonds is 6. The standard InChI is InChI=1S/C23H22FN5O/c1-14-6-7-18(15(2)11-14)29-21-17(12-19-22(20(21)24)28-13-27-19)23(30)26-10-8-16-5-3-4-9-25-16/h3-7,9,11-13,29H,8,10H2,1-2H3,(H,26,30)(H,27,28). The lowest BCUT2D eigenvalue weighted by Crippen LogP contribution is -2.27. The summed E-state index contributed by atoms with van der Waals surface area (Å²) in [6, 6.07) is 13.1. The Balaban J connectivity index is 1.63. The van der Waals surface area contributed by atoms with Crippen LogP contribution in [0.25, 0.3) is 11.0 Å². The smallest absolute Gasteiger partial charge is 0.253 e. The van der Waals surface area contributed by atoms with Crippen LogP contribution in [0.4, 0.5) is 15.8 Å². The number of H-pyrrole nitrogens is 1. The first-order chi connectivity index (χ1) is 14.5. The van der Waals surface area contributed by atoms with Gasteiger partial charge in [0.1, 0.15) is 5.52 Å². The van der Waals surface area contributed by atoms with E-state index in [1.165, 1.54) is 6.33 Å². The summed E-state index contributed by atoms with van der Waals surface area (Å²) in [5.74, 6) is -0.933. The van der Waals surface area contributed by atoms with Gasteiger partial charge in [-0.1, -0.05) is 23.8 Å². The quantitative estimate of drug-likeness (QED) is 0.445. The number of hydrogen-bond donors (Lipinski definition) is 3. The zero-order chi connectivity index (χ0) is 21.1. The molecule has 0 saturated heterocycles. The van der Waals surface area contributed by atoms with Crippen LogP contribution in [-0.4, -0.2) is 27.4 Å². The Morgan fingerprint density at radius 2 is 2.00 bits per heavy atom. The van der Waals surface area contributed by atoms with Gasteiger partial charge in [0.05, 0.1) is 23.1 Å². The van der Waals surface area contributed by atoms with Gasteiger partial charge in [-0.05, 0) is 43.7 Å². The molecule has 0 atom stereocenters. The number of amides is 1. The van der Waals surface area contributed by atoms with Gasteiger partial charge in [-0.3, -0.25) is 9.78 Å². The van der Waals surface area contributed by atoms with Crippen LogP contribution in [-0.2, 0) is 6.42 Å². The zero-order valence-corrected chi connectivity index (χ0v) is 16.8. The minimum atomic E-state index is -0.566. The summed E-state index contributed by atoms with van der Waals surface area (Å²) >= 11 is 0. The monoisotopic (exact) mass is 403 g/mol. The highest BCUT2D eigenvalue weighted by atomic mass is 19.1. The molecule has 0 aliphatic heterocycles. The van der Waals surface area contributed by atoms with Crippen molar-refractivity contribution >= 4 is 28.3 Å². The molecule has 2 aromatic carbocycles. The van der Waals surface area contributed by atoms with E-state index in [1.54, 1.807) is 12.3 Å². The Hall–Kier alpha value is -3.74. The molecule has 0 fully saturated rings. The molecule has 0 aliphatic rings. The minimum Gasteiger partial charge on any atom is -0.352 e.